The zero-order valence-electron chi connectivity index (χ0n) is 18.8. The van der Waals surface area contributed by atoms with E-state index in [0.717, 1.165) is 48.2 Å². The molecular weight excluding hydrogens is 418 g/mol. The molecule has 0 spiro atoms. The van der Waals surface area contributed by atoms with Gasteiger partial charge in [0.25, 0.3) is 5.91 Å². The number of fused-ring (bicyclic) bond motifs is 1. The zero-order chi connectivity index (χ0) is 22.8. The molecule has 0 atom stereocenters. The summed E-state index contributed by atoms with van der Waals surface area (Å²) in [6.07, 6.45) is 9.06. The Bertz CT molecular complexity index is 1160. The molecule has 2 amide bonds. The average molecular weight is 448 g/mol. The number of aromatic nitrogens is 3. The summed E-state index contributed by atoms with van der Waals surface area (Å²) in [5.74, 6) is 1.29. The smallest absolute Gasteiger partial charge is 0.255 e. The number of rotatable bonds is 7. The van der Waals surface area contributed by atoms with Crippen LogP contribution in [0.4, 0.5) is 0 Å². The fraction of sp³-hybridized carbons (Fsp3) is 0.440. The summed E-state index contributed by atoms with van der Waals surface area (Å²) in [4.78, 5) is 36.5. The number of hydrogen-bond acceptors (Lipinski definition) is 5. The molecule has 0 saturated heterocycles. The number of H-pyrrole nitrogens is 1. The molecule has 8 heteroatoms. The number of carbonyl (C=O) groups excluding carboxylic acids is 2. The fourth-order valence-electron chi connectivity index (χ4n) is 4.53. The number of carbonyl (C=O) groups is 2. The minimum absolute atomic E-state index is 0.00345. The Balaban J connectivity index is 1.33. The molecule has 3 N–H and O–H groups in total. The minimum atomic E-state index is -0.146. The molecule has 3 aromatic rings. The van der Waals surface area contributed by atoms with E-state index in [-0.39, 0.29) is 23.9 Å². The fourth-order valence-corrected chi connectivity index (χ4v) is 4.53. The Morgan fingerprint density at radius 3 is 2.48 bits per heavy atom. The van der Waals surface area contributed by atoms with Crippen LogP contribution in [-0.4, -0.2) is 45.5 Å². The van der Waals surface area contributed by atoms with E-state index < -0.39 is 0 Å². The highest BCUT2D eigenvalue weighted by atomic mass is 16.5. The number of ether oxygens (including phenoxy) is 1. The van der Waals surface area contributed by atoms with Crippen LogP contribution in [-0.2, 0) is 4.79 Å². The molecule has 0 bridgehead atoms. The van der Waals surface area contributed by atoms with Gasteiger partial charge in [0.05, 0.1) is 17.7 Å². The largest absolute Gasteiger partial charge is 0.493 e. The van der Waals surface area contributed by atoms with Crippen LogP contribution in [0.5, 0.6) is 5.75 Å². The molecule has 2 aliphatic rings. The summed E-state index contributed by atoms with van der Waals surface area (Å²) in [5, 5.41) is 6.11. The summed E-state index contributed by atoms with van der Waals surface area (Å²) in [6, 6.07) is 8.14. The van der Waals surface area contributed by atoms with Gasteiger partial charge in [-0.05, 0) is 56.6 Å². The number of amides is 2. The molecule has 0 aliphatic heterocycles. The first kappa shape index (κ1) is 21.4. The second-order valence-electron chi connectivity index (χ2n) is 9.12. The summed E-state index contributed by atoms with van der Waals surface area (Å²) < 4.78 is 6.07. The van der Waals surface area contributed by atoms with Crippen molar-refractivity contribution < 1.29 is 14.3 Å². The van der Waals surface area contributed by atoms with E-state index in [1.807, 2.05) is 24.3 Å². The molecule has 33 heavy (non-hydrogen) atoms. The summed E-state index contributed by atoms with van der Waals surface area (Å²) >= 11 is 0. The molecule has 2 aromatic heterocycles. The van der Waals surface area contributed by atoms with Gasteiger partial charge in [0, 0.05) is 30.8 Å². The lowest BCUT2D eigenvalue weighted by atomic mass is 9.91. The first-order chi connectivity index (χ1) is 16.1. The lowest BCUT2D eigenvalue weighted by Gasteiger charge is -2.29. The maximum absolute atomic E-state index is 13.1. The summed E-state index contributed by atoms with van der Waals surface area (Å²) in [5.41, 5.74) is 3.44. The van der Waals surface area contributed by atoms with Crippen LogP contribution in [0.3, 0.4) is 0 Å². The van der Waals surface area contributed by atoms with Gasteiger partial charge in [-0.15, -0.1) is 0 Å². The van der Waals surface area contributed by atoms with Gasteiger partial charge in [0.2, 0.25) is 5.91 Å². The molecule has 5 rings (SSSR count). The number of aromatic amines is 1. The summed E-state index contributed by atoms with van der Waals surface area (Å²) in [6.45, 7) is 2.26. The Hall–Kier alpha value is -3.42. The number of nitrogens with zero attached hydrogens (tertiary/aromatic N) is 2. The van der Waals surface area contributed by atoms with Crippen molar-refractivity contribution in [3.63, 3.8) is 0 Å². The third-order valence-electron chi connectivity index (χ3n) is 6.49. The second kappa shape index (κ2) is 9.21. The molecule has 8 nitrogen and oxygen atoms in total. The van der Waals surface area contributed by atoms with E-state index in [9.17, 15) is 9.59 Å². The van der Waals surface area contributed by atoms with Crippen molar-refractivity contribution in [2.24, 2.45) is 5.92 Å². The van der Waals surface area contributed by atoms with Crippen LogP contribution in [0.15, 0.2) is 36.8 Å². The van der Waals surface area contributed by atoms with E-state index in [0.29, 0.717) is 23.6 Å². The van der Waals surface area contributed by atoms with Crippen LogP contribution in [0, 0.1) is 5.92 Å². The van der Waals surface area contributed by atoms with E-state index in [1.165, 1.54) is 19.2 Å². The number of hydrogen-bond donors (Lipinski definition) is 3. The van der Waals surface area contributed by atoms with Crippen LogP contribution in [0.1, 0.15) is 55.8 Å². The molecule has 2 heterocycles. The van der Waals surface area contributed by atoms with Crippen molar-refractivity contribution in [3.05, 3.63) is 42.4 Å². The van der Waals surface area contributed by atoms with Gasteiger partial charge in [-0.1, -0.05) is 12.1 Å². The Kier molecular flexibility index (Phi) is 5.98. The van der Waals surface area contributed by atoms with Crippen molar-refractivity contribution >= 4 is 22.8 Å². The molecule has 2 saturated carbocycles. The zero-order valence-corrected chi connectivity index (χ0v) is 18.8. The van der Waals surface area contributed by atoms with Crippen molar-refractivity contribution in [2.45, 2.75) is 57.5 Å². The monoisotopic (exact) mass is 447 g/mol. The van der Waals surface area contributed by atoms with E-state index in [1.54, 1.807) is 13.1 Å². The number of para-hydroxylation sites is 1. The predicted octanol–water partition coefficient (Wildman–Crippen LogP) is 3.59. The molecule has 0 unspecified atom stereocenters. The van der Waals surface area contributed by atoms with Gasteiger partial charge in [0.15, 0.2) is 0 Å². The lowest BCUT2D eigenvalue weighted by molar-refractivity contribution is -0.119. The SMILES string of the molecule is CC(=O)NC1CCC(NC(=O)c2c[nH]c3c(-c4ccccc4OCC4CC4)ncnc23)CC1. The highest BCUT2D eigenvalue weighted by Gasteiger charge is 2.26. The number of nitrogens with one attached hydrogen (secondary N) is 3. The van der Waals surface area contributed by atoms with E-state index in [2.05, 4.69) is 25.6 Å². The van der Waals surface area contributed by atoms with Crippen molar-refractivity contribution in [2.75, 3.05) is 6.61 Å². The quantitative estimate of drug-likeness (QED) is 0.513. The van der Waals surface area contributed by atoms with Crippen LogP contribution < -0.4 is 15.4 Å². The van der Waals surface area contributed by atoms with Gasteiger partial charge in [-0.25, -0.2) is 9.97 Å². The van der Waals surface area contributed by atoms with Gasteiger partial charge in [-0.3, -0.25) is 9.59 Å². The van der Waals surface area contributed by atoms with Crippen molar-refractivity contribution in [3.8, 4) is 17.0 Å². The van der Waals surface area contributed by atoms with E-state index in [4.69, 9.17) is 4.74 Å². The third-order valence-corrected chi connectivity index (χ3v) is 6.49. The average Bonchev–Trinajstić information content (AvgIpc) is 3.54. The first-order valence-corrected chi connectivity index (χ1v) is 11.7. The topological polar surface area (TPSA) is 109 Å². The maximum Gasteiger partial charge on any atom is 0.255 e. The van der Waals surface area contributed by atoms with Crippen molar-refractivity contribution in [1.29, 1.82) is 0 Å². The normalized spacial score (nSPS) is 20.4. The number of benzene rings is 1. The second-order valence-corrected chi connectivity index (χ2v) is 9.12. The van der Waals surface area contributed by atoms with Gasteiger partial charge in [-0.2, -0.15) is 0 Å². The Morgan fingerprint density at radius 2 is 1.76 bits per heavy atom. The van der Waals surface area contributed by atoms with Crippen LogP contribution >= 0.6 is 0 Å². The molecule has 2 fully saturated rings. The van der Waals surface area contributed by atoms with E-state index >= 15 is 0 Å². The summed E-state index contributed by atoms with van der Waals surface area (Å²) in [7, 11) is 0. The highest BCUT2D eigenvalue weighted by Crippen LogP contribution is 2.35. The first-order valence-electron chi connectivity index (χ1n) is 11.7. The maximum atomic E-state index is 13.1. The van der Waals surface area contributed by atoms with Crippen LogP contribution in [0.2, 0.25) is 0 Å². The third kappa shape index (κ3) is 4.84. The predicted molar refractivity (Wildman–Crippen MR) is 125 cm³/mol. The van der Waals surface area contributed by atoms with Gasteiger partial charge in [0.1, 0.15) is 23.3 Å². The van der Waals surface area contributed by atoms with Gasteiger partial charge < -0.3 is 20.4 Å². The molecule has 0 radical (unpaired) electrons. The van der Waals surface area contributed by atoms with Crippen LogP contribution in [0.25, 0.3) is 22.3 Å². The Labute approximate surface area is 192 Å². The molecule has 1 aromatic carbocycles. The molecule has 2 aliphatic carbocycles. The molecular formula is C25H29N5O3. The highest BCUT2D eigenvalue weighted by molar-refractivity contribution is 6.07. The standard InChI is InChI=1S/C25H29N5O3/c1-15(31)29-17-8-10-18(11-9-17)30-25(32)20-12-26-24-22(27-14-28-23(20)24)19-4-2-3-5-21(19)33-13-16-6-7-16/h2-5,12,14,16-18,26H,6-11,13H2,1H3,(H,29,31)(H,30,32). The van der Waals surface area contributed by atoms with Gasteiger partial charge >= 0.3 is 0 Å². The minimum Gasteiger partial charge on any atom is -0.493 e. The Morgan fingerprint density at radius 1 is 1.03 bits per heavy atom. The lowest BCUT2D eigenvalue weighted by Crippen LogP contribution is -2.43. The molecule has 172 valence electrons. The van der Waals surface area contributed by atoms with Crippen molar-refractivity contribution in [1.82, 2.24) is 25.6 Å².